The van der Waals surface area contributed by atoms with Crippen LogP contribution in [0.1, 0.15) is 208 Å². The molecule has 0 radical (unpaired) electrons. The fourth-order valence-electron chi connectivity index (χ4n) is 19.4. The molecule has 9 saturated heterocycles. The number of amides is 4. The van der Waals surface area contributed by atoms with E-state index >= 15 is 0 Å². The minimum Gasteiger partial charge on any atom is -0.394 e. The van der Waals surface area contributed by atoms with E-state index in [0.717, 1.165) is 85.0 Å². The van der Waals surface area contributed by atoms with Crippen LogP contribution in [0.3, 0.4) is 0 Å². The van der Waals surface area contributed by atoms with Crippen molar-refractivity contribution < 1.29 is 232 Å². The number of nitrogens with one attached hydrogen (secondary N) is 4. The molecular formula is C94H166N4O47. The highest BCUT2D eigenvalue weighted by Gasteiger charge is 2.61. The molecule has 29 N–H and O–H groups in total. The first-order chi connectivity index (χ1) is 69.3. The van der Waals surface area contributed by atoms with Gasteiger partial charge in [0.25, 0.3) is 0 Å². The van der Waals surface area contributed by atoms with Crippen LogP contribution in [-0.4, -0.2) is 499 Å². The fourth-order valence-corrected chi connectivity index (χ4v) is 19.4. The second-order valence-corrected chi connectivity index (χ2v) is 39.1. The quantitative estimate of drug-likeness (QED) is 0.0199. The first-order valence-corrected chi connectivity index (χ1v) is 51.4. The Labute approximate surface area is 842 Å². The first-order valence-electron chi connectivity index (χ1n) is 51.4. The van der Waals surface area contributed by atoms with E-state index in [4.69, 9.17) is 85.3 Å². The molecule has 9 heterocycles. The number of aliphatic hydroxyl groups excluding tert-OH is 25. The van der Waals surface area contributed by atoms with Crippen molar-refractivity contribution in [3.8, 4) is 0 Å². The molecule has 9 aliphatic heterocycles. The number of carbonyl (C=O) groups is 4. The summed E-state index contributed by atoms with van der Waals surface area (Å²) in [5, 5.41) is 294. The van der Waals surface area contributed by atoms with Gasteiger partial charge in [-0.15, -0.1) is 0 Å². The van der Waals surface area contributed by atoms with Crippen molar-refractivity contribution >= 4 is 23.6 Å². The van der Waals surface area contributed by atoms with Crippen LogP contribution in [-0.2, 0) is 104 Å². The van der Waals surface area contributed by atoms with Crippen molar-refractivity contribution in [1.82, 2.24) is 21.3 Å². The molecule has 9 rings (SSSR count). The number of allylic oxidation sites excluding steroid dienone is 1. The monoisotopic (exact) mass is 2100 g/mol. The van der Waals surface area contributed by atoms with Crippen molar-refractivity contribution in [2.75, 3.05) is 59.5 Å². The summed E-state index contributed by atoms with van der Waals surface area (Å²) >= 11 is 0. The molecule has 844 valence electrons. The molecule has 0 aromatic heterocycles. The summed E-state index contributed by atoms with van der Waals surface area (Å²) in [6, 6.07) is -7.02. The van der Waals surface area contributed by atoms with Crippen molar-refractivity contribution in [2.24, 2.45) is 0 Å². The largest absolute Gasteiger partial charge is 0.394 e. The van der Waals surface area contributed by atoms with Gasteiger partial charge in [0.05, 0.1) is 77.7 Å². The average Bonchev–Trinajstić information content (AvgIpc) is 0.753. The number of aliphatic hydroxyl groups is 25. The number of unbranched alkanes of at least 4 members (excludes halogenated alkanes) is 23. The van der Waals surface area contributed by atoms with Gasteiger partial charge in [-0.1, -0.05) is 167 Å². The Hall–Kier alpha value is -4.10. The van der Waals surface area contributed by atoms with Gasteiger partial charge in [0.15, 0.2) is 56.6 Å². The van der Waals surface area contributed by atoms with E-state index in [9.17, 15) is 147 Å². The van der Waals surface area contributed by atoms with Crippen molar-refractivity contribution in [1.29, 1.82) is 0 Å². The summed E-state index contributed by atoms with van der Waals surface area (Å²) in [6.07, 6.45) is -55.8. The molecule has 9 aliphatic rings. The molecule has 51 nitrogen and oxygen atoms in total. The van der Waals surface area contributed by atoms with Crippen LogP contribution in [0, 0.1) is 0 Å². The van der Waals surface area contributed by atoms with Crippen LogP contribution < -0.4 is 21.3 Å². The lowest BCUT2D eigenvalue weighted by Crippen LogP contribution is -2.71. The Morgan fingerprint density at radius 3 is 1.02 bits per heavy atom. The Morgan fingerprint density at radius 1 is 0.290 bits per heavy atom. The van der Waals surface area contributed by atoms with E-state index in [0.29, 0.717) is 12.8 Å². The molecule has 4 amide bonds. The Balaban J connectivity index is 0.934. The third-order valence-electron chi connectivity index (χ3n) is 27.9. The van der Waals surface area contributed by atoms with Gasteiger partial charge in [0, 0.05) is 27.2 Å². The zero-order valence-electron chi connectivity index (χ0n) is 83.2. The number of carbonyl (C=O) groups excluding carboxylic acids is 4. The highest BCUT2D eigenvalue weighted by molar-refractivity contribution is 5.76. The van der Waals surface area contributed by atoms with E-state index in [1.54, 1.807) is 6.08 Å². The third kappa shape index (κ3) is 34.4. The molecule has 0 aromatic carbocycles. The lowest BCUT2D eigenvalue weighted by atomic mass is 9.93. The number of hydrogen-bond acceptors (Lipinski definition) is 47. The third-order valence-corrected chi connectivity index (χ3v) is 27.9. The maximum Gasteiger partial charge on any atom is 0.220 e. The van der Waals surface area contributed by atoms with Gasteiger partial charge >= 0.3 is 0 Å². The molecule has 145 heavy (non-hydrogen) atoms. The molecular weight excluding hydrogens is 1940 g/mol. The Morgan fingerprint density at radius 2 is 0.593 bits per heavy atom. The SMILES string of the molecule is CCCCCCCCCCCCC/C=C/[C@@H](O)[C@H](CO[C@@H]1OC(CO)[C@@H](O[C@@H]2OC(CO)[C@H](O)[C@H](O[C@@H]3OC(CO)[C@@H](O[C@@H]4OC(CO[C@@H]5OC(CO)[C@@H](O[C@@H]6OC(CO)[C@H](O)[C@H](O)C6O)[C@H](O)C5NC(C)=O)[C@H](O)[C@H](O[C@@H]5OC(CO)[C@@H](O[C@@H]6OC(CO)[C@H](O)[C@H](O)C6O[C@H]6OC(C)[C@@H](O)C(O)[C@@H]6O)[C@H](O)C5NC(C)=O)C4O)[C@H](O)C3NC(C)=O)C2O)[C@H](O)C1O)NC(=O)CCCCCCCCCCCCCCC. The summed E-state index contributed by atoms with van der Waals surface area (Å²) < 4.78 is 108. The number of hydrogen-bond donors (Lipinski definition) is 29. The smallest absolute Gasteiger partial charge is 0.220 e. The molecule has 0 spiro atoms. The van der Waals surface area contributed by atoms with Gasteiger partial charge in [0.1, 0.15) is 213 Å². The van der Waals surface area contributed by atoms with E-state index in [1.165, 1.54) is 90.4 Å². The van der Waals surface area contributed by atoms with Gasteiger partial charge in [-0.25, -0.2) is 0 Å². The molecule has 9 fully saturated rings. The number of rotatable bonds is 59. The Bertz CT molecular complexity index is 3690. The second kappa shape index (κ2) is 62.4. The van der Waals surface area contributed by atoms with Crippen LogP contribution >= 0.6 is 0 Å². The number of ether oxygens (including phenoxy) is 18. The zero-order valence-corrected chi connectivity index (χ0v) is 83.2. The van der Waals surface area contributed by atoms with Gasteiger partial charge in [-0.05, 0) is 26.2 Å². The molecule has 51 heteroatoms. The van der Waals surface area contributed by atoms with Gasteiger partial charge in [0.2, 0.25) is 23.6 Å². The summed E-state index contributed by atoms with van der Waals surface area (Å²) in [7, 11) is 0. The average molecular weight is 2100 g/mol. The molecule has 0 aliphatic carbocycles. The van der Waals surface area contributed by atoms with E-state index < -0.39 is 365 Å². The first kappa shape index (κ1) is 124. The van der Waals surface area contributed by atoms with Crippen molar-refractivity contribution in [3.05, 3.63) is 12.2 Å². The maximum absolute atomic E-state index is 13.6. The van der Waals surface area contributed by atoms with Gasteiger partial charge in [-0.3, -0.25) is 19.2 Å². The fraction of sp³-hybridized carbons (Fsp3) is 0.936. The Kier molecular flexibility index (Phi) is 53.6. The van der Waals surface area contributed by atoms with E-state index in [2.05, 4.69) is 35.1 Å². The summed E-state index contributed by atoms with van der Waals surface area (Å²) in [6.45, 7) is -0.712. The maximum atomic E-state index is 13.6. The van der Waals surface area contributed by atoms with Crippen LogP contribution in [0.15, 0.2) is 12.2 Å². The normalized spacial score (nSPS) is 41.0. The lowest BCUT2D eigenvalue weighted by Gasteiger charge is -2.51. The predicted octanol–water partition coefficient (Wildman–Crippen LogP) is -8.56. The van der Waals surface area contributed by atoms with Crippen molar-refractivity contribution in [2.45, 2.75) is 497 Å². The molecule has 18 unspecified atom stereocenters. The van der Waals surface area contributed by atoms with Gasteiger partial charge < -0.3 is 234 Å². The lowest BCUT2D eigenvalue weighted by molar-refractivity contribution is -0.394. The van der Waals surface area contributed by atoms with Crippen molar-refractivity contribution in [3.63, 3.8) is 0 Å². The minimum atomic E-state index is -2.53. The summed E-state index contributed by atoms with van der Waals surface area (Å²) in [4.78, 5) is 53.4. The standard InChI is InChI=1S/C94H166N4O47/c1-7-9-11-13-15-17-19-21-23-25-27-29-31-33-49(109)48(98-58(110)34-32-30-28-26-24-22-20-18-16-14-12-10-8-2)42-128-89-76(125)73(122)82(56(41-105)137-89)141-92-77(126)83(65(114)52(37-101)132-92)143-87-60(96-46(5)107)68(117)80(54(39-103)135-87)140-93-78(127)84(66(115)57(138-93)43-129-86-59(95-45(4)106)67(116)79(53(38-102)134-86)139-91-75(124)71(120)63(112)50(35-99)131-91)144-88-61(97-47(6)108)69(118)81(55(40-104)136-88)142-94-85(72(121)64(113)51(36-100)133-94)145-90-74(123)70(119)62(111)44(3)130-90/h31,33,44,48-57,59-94,99-105,109,111-127H,7-30,32,34-43H2,1-6H3,(H,95,106)(H,96,107)(H,97,108)(H,98,110)/b33-31+/t44?,48-,49+,50?,51?,52?,53?,54?,55?,56?,57?,59?,60?,61?,62+,63-,64-,65-,66-,67+,68+,69+,70?,71-,72-,73+,74-,75?,76?,77?,78?,79+,80+,81+,82+,83-,84-,85?,86+,87-,88-,89+,90+,91-,92-,93-,94-/m0/s1. The highest BCUT2D eigenvalue weighted by atomic mass is 16.8. The highest BCUT2D eigenvalue weighted by Crippen LogP contribution is 2.41. The van der Waals surface area contributed by atoms with Crippen LogP contribution in [0.25, 0.3) is 0 Å². The second-order valence-electron chi connectivity index (χ2n) is 39.1. The molecule has 0 bridgehead atoms. The zero-order chi connectivity index (χ0) is 106. The van der Waals surface area contributed by atoms with Gasteiger partial charge in [-0.2, -0.15) is 0 Å². The van der Waals surface area contributed by atoms with E-state index in [-0.39, 0.29) is 12.3 Å². The summed E-state index contributed by atoms with van der Waals surface area (Å²) in [5.41, 5.74) is 0. The predicted molar refractivity (Wildman–Crippen MR) is 493 cm³/mol. The van der Waals surface area contributed by atoms with Crippen LogP contribution in [0.4, 0.5) is 0 Å². The molecule has 0 saturated carbocycles. The molecule has 0 aromatic rings. The topological polar surface area (TPSA) is 788 Å². The van der Waals surface area contributed by atoms with E-state index in [1.807, 2.05) is 6.08 Å². The van der Waals surface area contributed by atoms with Crippen LogP contribution in [0.5, 0.6) is 0 Å². The minimum absolute atomic E-state index is 0.131. The van der Waals surface area contributed by atoms with Crippen LogP contribution in [0.2, 0.25) is 0 Å². The molecule has 47 atom stereocenters. The summed E-state index contributed by atoms with van der Waals surface area (Å²) in [5.74, 6) is -3.25.